The summed E-state index contributed by atoms with van der Waals surface area (Å²) in [4.78, 5) is 0. The molecule has 0 bridgehead atoms. The molecule has 1 aliphatic carbocycles. The van der Waals surface area contributed by atoms with E-state index in [9.17, 15) is 5.11 Å². The van der Waals surface area contributed by atoms with Gasteiger partial charge in [0.1, 0.15) is 0 Å². The molecule has 0 radical (unpaired) electrons. The van der Waals surface area contributed by atoms with Crippen LogP contribution in [0.2, 0.25) is 0 Å². The predicted molar refractivity (Wildman–Crippen MR) is 52.0 cm³/mol. The van der Waals surface area contributed by atoms with Crippen LogP contribution in [0.5, 0.6) is 0 Å². The smallest absolute Gasteiger partial charge is 0.0570 e. The summed E-state index contributed by atoms with van der Waals surface area (Å²) in [7, 11) is 0. The van der Waals surface area contributed by atoms with Gasteiger partial charge in [-0.3, -0.25) is 0 Å². The Balaban J connectivity index is 2.34. The van der Waals surface area contributed by atoms with Crippen molar-refractivity contribution in [2.75, 3.05) is 0 Å². The van der Waals surface area contributed by atoms with Gasteiger partial charge in [-0.15, -0.1) is 0 Å². The third-order valence-electron chi connectivity index (χ3n) is 3.28. The largest absolute Gasteiger partial charge is 0.393 e. The second-order valence-electron chi connectivity index (χ2n) is 4.28. The highest BCUT2D eigenvalue weighted by Crippen LogP contribution is 2.33. The molecular formula is C11H22O. The molecule has 1 N–H and O–H groups in total. The molecule has 0 spiro atoms. The van der Waals surface area contributed by atoms with E-state index in [2.05, 4.69) is 13.8 Å². The molecule has 0 amide bonds. The molecule has 1 nitrogen and oxygen atoms in total. The Labute approximate surface area is 76.2 Å². The van der Waals surface area contributed by atoms with Crippen molar-refractivity contribution in [3.63, 3.8) is 0 Å². The molecule has 0 aromatic carbocycles. The van der Waals surface area contributed by atoms with Crippen LogP contribution < -0.4 is 0 Å². The average molecular weight is 170 g/mol. The van der Waals surface area contributed by atoms with E-state index in [4.69, 9.17) is 0 Å². The van der Waals surface area contributed by atoms with Crippen LogP contribution in [-0.2, 0) is 0 Å². The summed E-state index contributed by atoms with van der Waals surface area (Å²) in [5.74, 6) is 1.35. The maximum absolute atomic E-state index is 9.77. The summed E-state index contributed by atoms with van der Waals surface area (Å²) >= 11 is 0. The molecule has 2 unspecified atom stereocenters. The normalized spacial score (nSPS) is 36.8. The Bertz CT molecular complexity index is 112. The van der Waals surface area contributed by atoms with Crippen molar-refractivity contribution in [3.05, 3.63) is 0 Å². The molecule has 1 aliphatic rings. The van der Waals surface area contributed by atoms with Gasteiger partial charge in [-0.2, -0.15) is 0 Å². The zero-order chi connectivity index (χ0) is 8.97. The van der Waals surface area contributed by atoms with Crippen molar-refractivity contribution in [2.24, 2.45) is 11.8 Å². The minimum atomic E-state index is 0.000278. The molecule has 0 heterocycles. The van der Waals surface area contributed by atoms with Gasteiger partial charge in [0.25, 0.3) is 0 Å². The van der Waals surface area contributed by atoms with E-state index < -0.39 is 0 Å². The predicted octanol–water partition coefficient (Wildman–Crippen LogP) is 2.97. The van der Waals surface area contributed by atoms with Crippen molar-refractivity contribution in [3.8, 4) is 0 Å². The maximum atomic E-state index is 9.77. The maximum Gasteiger partial charge on any atom is 0.0570 e. The van der Waals surface area contributed by atoms with Gasteiger partial charge in [0.05, 0.1) is 6.10 Å². The monoisotopic (exact) mass is 170 g/mol. The van der Waals surface area contributed by atoms with Crippen LogP contribution in [0.1, 0.15) is 52.4 Å². The van der Waals surface area contributed by atoms with Crippen LogP contribution in [0.15, 0.2) is 0 Å². The lowest BCUT2D eigenvalue weighted by molar-refractivity contribution is 0.0326. The second-order valence-corrected chi connectivity index (χ2v) is 4.28. The lowest BCUT2D eigenvalue weighted by atomic mass is 9.76. The number of unbranched alkanes of at least 4 members (excludes halogenated alkanes) is 1. The van der Waals surface area contributed by atoms with Crippen molar-refractivity contribution in [2.45, 2.75) is 58.5 Å². The Morgan fingerprint density at radius 1 is 1.33 bits per heavy atom. The van der Waals surface area contributed by atoms with E-state index in [-0.39, 0.29) is 6.10 Å². The minimum absolute atomic E-state index is 0.000278. The average Bonchev–Trinajstić information content (AvgIpc) is 2.04. The fourth-order valence-electron chi connectivity index (χ4n) is 2.37. The summed E-state index contributed by atoms with van der Waals surface area (Å²) < 4.78 is 0. The Morgan fingerprint density at radius 3 is 2.67 bits per heavy atom. The first kappa shape index (κ1) is 10.0. The van der Waals surface area contributed by atoms with Crippen LogP contribution in [0.25, 0.3) is 0 Å². The summed E-state index contributed by atoms with van der Waals surface area (Å²) in [5, 5.41) is 9.77. The highest BCUT2D eigenvalue weighted by molar-refractivity contribution is 4.79. The number of aliphatic hydroxyl groups is 1. The summed E-state index contributed by atoms with van der Waals surface area (Å²) in [5.41, 5.74) is 0. The molecule has 3 atom stereocenters. The van der Waals surface area contributed by atoms with Gasteiger partial charge in [-0.05, 0) is 24.7 Å². The van der Waals surface area contributed by atoms with E-state index in [0.29, 0.717) is 5.92 Å². The summed E-state index contributed by atoms with van der Waals surface area (Å²) in [6, 6.07) is 0. The first-order valence-corrected chi connectivity index (χ1v) is 5.43. The Morgan fingerprint density at radius 2 is 2.08 bits per heavy atom. The van der Waals surface area contributed by atoms with Crippen molar-refractivity contribution in [1.82, 2.24) is 0 Å². The molecule has 0 aromatic rings. The van der Waals surface area contributed by atoms with E-state index in [0.717, 1.165) is 12.3 Å². The molecule has 1 saturated carbocycles. The molecule has 1 rings (SSSR count). The van der Waals surface area contributed by atoms with E-state index in [1.165, 1.54) is 32.1 Å². The number of hydrogen-bond acceptors (Lipinski definition) is 1. The zero-order valence-electron chi connectivity index (χ0n) is 8.42. The molecule has 0 aliphatic heterocycles. The van der Waals surface area contributed by atoms with E-state index in [1.54, 1.807) is 0 Å². The third kappa shape index (κ3) is 2.48. The lowest BCUT2D eigenvalue weighted by Gasteiger charge is -2.33. The highest BCUT2D eigenvalue weighted by atomic mass is 16.3. The Kier molecular flexibility index (Phi) is 4.07. The van der Waals surface area contributed by atoms with Gasteiger partial charge in [-0.25, -0.2) is 0 Å². The molecule has 0 saturated heterocycles. The van der Waals surface area contributed by atoms with Gasteiger partial charge >= 0.3 is 0 Å². The topological polar surface area (TPSA) is 20.2 Å². The standard InChI is InChI=1S/C11H22O/c1-3-4-7-10-9(2)6-5-8-11(10)12/h9-12H,3-8H2,1-2H3/t9-,10?,11?/m1/s1. The van der Waals surface area contributed by atoms with E-state index in [1.807, 2.05) is 0 Å². The van der Waals surface area contributed by atoms with Crippen LogP contribution in [0.4, 0.5) is 0 Å². The fourth-order valence-corrected chi connectivity index (χ4v) is 2.37. The molecule has 0 aromatic heterocycles. The SMILES string of the molecule is CCCCC1C(O)CCC[C@H]1C. The van der Waals surface area contributed by atoms with Gasteiger partial charge in [-0.1, -0.05) is 39.5 Å². The molecule has 1 fully saturated rings. The van der Waals surface area contributed by atoms with Crippen LogP contribution in [-0.4, -0.2) is 11.2 Å². The minimum Gasteiger partial charge on any atom is -0.393 e. The van der Waals surface area contributed by atoms with E-state index >= 15 is 0 Å². The van der Waals surface area contributed by atoms with Gasteiger partial charge < -0.3 is 5.11 Å². The quantitative estimate of drug-likeness (QED) is 0.690. The van der Waals surface area contributed by atoms with Crippen molar-refractivity contribution in [1.29, 1.82) is 0 Å². The number of hydrogen-bond donors (Lipinski definition) is 1. The molecule has 12 heavy (non-hydrogen) atoms. The third-order valence-corrected chi connectivity index (χ3v) is 3.28. The first-order valence-electron chi connectivity index (χ1n) is 5.43. The number of aliphatic hydroxyl groups excluding tert-OH is 1. The molecule has 72 valence electrons. The molecule has 1 heteroatoms. The molecular weight excluding hydrogens is 148 g/mol. The van der Waals surface area contributed by atoms with Crippen molar-refractivity contribution >= 4 is 0 Å². The zero-order valence-corrected chi connectivity index (χ0v) is 8.42. The highest BCUT2D eigenvalue weighted by Gasteiger charge is 2.28. The Hall–Kier alpha value is -0.0400. The van der Waals surface area contributed by atoms with Crippen molar-refractivity contribution < 1.29 is 5.11 Å². The number of rotatable bonds is 3. The second kappa shape index (κ2) is 4.86. The first-order chi connectivity index (χ1) is 5.75. The van der Waals surface area contributed by atoms with Gasteiger partial charge in [0.15, 0.2) is 0 Å². The fraction of sp³-hybridized carbons (Fsp3) is 1.00. The summed E-state index contributed by atoms with van der Waals surface area (Å²) in [6.45, 7) is 4.52. The lowest BCUT2D eigenvalue weighted by Crippen LogP contribution is -2.30. The van der Waals surface area contributed by atoms with Crippen LogP contribution >= 0.6 is 0 Å². The van der Waals surface area contributed by atoms with Gasteiger partial charge in [0, 0.05) is 0 Å². The summed E-state index contributed by atoms with van der Waals surface area (Å²) in [6.07, 6.45) is 7.37. The van der Waals surface area contributed by atoms with Crippen LogP contribution in [0.3, 0.4) is 0 Å². The van der Waals surface area contributed by atoms with Gasteiger partial charge in [0.2, 0.25) is 0 Å². The van der Waals surface area contributed by atoms with Crippen LogP contribution in [0, 0.1) is 11.8 Å².